The largest absolute Gasteiger partial charge is 0.332 e. The van der Waals surface area contributed by atoms with Gasteiger partial charge in [-0.15, -0.1) is 0 Å². The first-order valence-corrected chi connectivity index (χ1v) is 8.42. The number of nitrogens with one attached hydrogen (secondary N) is 1. The predicted octanol–water partition coefficient (Wildman–Crippen LogP) is 3.34. The second kappa shape index (κ2) is 6.82. The van der Waals surface area contributed by atoms with E-state index in [2.05, 4.69) is 25.3 Å². The van der Waals surface area contributed by atoms with Gasteiger partial charge in [-0.2, -0.15) is 0 Å². The van der Waals surface area contributed by atoms with Crippen LogP contribution in [0.3, 0.4) is 0 Å². The molecule has 3 heterocycles. The maximum absolute atomic E-state index is 12.6. The molecule has 9 heteroatoms. The normalized spacial score (nSPS) is 13.8. The summed E-state index contributed by atoms with van der Waals surface area (Å²) in [5, 5.41) is 2.60. The molecule has 4 rings (SSSR count). The molecule has 1 N–H and O–H groups in total. The Bertz CT molecular complexity index is 982. The van der Waals surface area contributed by atoms with Gasteiger partial charge in [0, 0.05) is 18.7 Å². The summed E-state index contributed by atoms with van der Waals surface area (Å²) in [5.74, 6) is -0.167. The fourth-order valence-electron chi connectivity index (χ4n) is 2.69. The average molecular weight is 370 g/mol. The third-order valence-electron chi connectivity index (χ3n) is 4.29. The van der Waals surface area contributed by atoms with Gasteiger partial charge in [-0.25, -0.2) is 23.7 Å². The van der Waals surface area contributed by atoms with Crippen molar-refractivity contribution in [1.82, 2.24) is 24.5 Å². The first-order valence-electron chi connectivity index (χ1n) is 8.42. The number of carbonyl (C=O) groups is 1. The second-order valence-electron chi connectivity index (χ2n) is 6.39. The number of anilines is 1. The molecule has 3 aromatic rings. The van der Waals surface area contributed by atoms with Crippen LogP contribution >= 0.6 is 0 Å². The number of pyridine rings is 1. The molecule has 0 unspecified atom stereocenters. The maximum Gasteiger partial charge on any atom is 0.293 e. The summed E-state index contributed by atoms with van der Waals surface area (Å²) in [5.41, 5.74) is 2.16. The SMILES string of the molecule is Cn1cncc1-c1cc(C2CC2)nc(C(=O)Nc2ccc(C(F)F)nc2)n1. The van der Waals surface area contributed by atoms with Crippen molar-refractivity contribution >= 4 is 11.6 Å². The lowest BCUT2D eigenvalue weighted by Gasteiger charge is -2.09. The lowest BCUT2D eigenvalue weighted by Crippen LogP contribution is -2.17. The zero-order valence-electron chi connectivity index (χ0n) is 14.4. The Kier molecular flexibility index (Phi) is 4.35. The maximum atomic E-state index is 12.6. The van der Waals surface area contributed by atoms with E-state index < -0.39 is 12.3 Å². The molecule has 0 spiro atoms. The van der Waals surface area contributed by atoms with Crippen molar-refractivity contribution in [2.45, 2.75) is 25.2 Å². The summed E-state index contributed by atoms with van der Waals surface area (Å²) in [6.07, 6.45) is 3.92. The van der Waals surface area contributed by atoms with Crippen molar-refractivity contribution in [3.05, 3.63) is 54.1 Å². The summed E-state index contributed by atoms with van der Waals surface area (Å²) in [6, 6.07) is 4.42. The summed E-state index contributed by atoms with van der Waals surface area (Å²) in [7, 11) is 1.84. The lowest BCUT2D eigenvalue weighted by atomic mass is 10.2. The van der Waals surface area contributed by atoms with Gasteiger partial charge in [0.1, 0.15) is 5.69 Å². The summed E-state index contributed by atoms with van der Waals surface area (Å²) in [6.45, 7) is 0. The van der Waals surface area contributed by atoms with Crippen LogP contribution in [0.2, 0.25) is 0 Å². The molecular formula is C18H16F2N6O. The minimum atomic E-state index is -2.66. The molecule has 0 aliphatic heterocycles. The Labute approximate surface area is 153 Å². The zero-order chi connectivity index (χ0) is 19.0. The van der Waals surface area contributed by atoms with E-state index in [9.17, 15) is 13.6 Å². The van der Waals surface area contributed by atoms with Crippen LogP contribution in [0.25, 0.3) is 11.4 Å². The first kappa shape index (κ1) is 17.2. The topological polar surface area (TPSA) is 85.6 Å². The van der Waals surface area contributed by atoms with Crippen LogP contribution in [0.1, 0.15) is 47.2 Å². The van der Waals surface area contributed by atoms with Crippen LogP contribution in [0.15, 0.2) is 36.9 Å². The van der Waals surface area contributed by atoms with Gasteiger partial charge in [-0.05, 0) is 31.0 Å². The number of hydrogen-bond donors (Lipinski definition) is 1. The minimum absolute atomic E-state index is 0.0218. The average Bonchev–Trinajstić information content (AvgIpc) is 3.43. The van der Waals surface area contributed by atoms with Crippen LogP contribution in [0.4, 0.5) is 14.5 Å². The highest BCUT2D eigenvalue weighted by atomic mass is 19.3. The highest BCUT2D eigenvalue weighted by molar-refractivity contribution is 6.01. The van der Waals surface area contributed by atoms with E-state index in [4.69, 9.17) is 0 Å². The third-order valence-corrected chi connectivity index (χ3v) is 4.29. The highest BCUT2D eigenvalue weighted by Gasteiger charge is 2.27. The van der Waals surface area contributed by atoms with E-state index in [1.165, 1.54) is 18.3 Å². The van der Waals surface area contributed by atoms with Gasteiger partial charge in [0.15, 0.2) is 0 Å². The molecule has 0 bridgehead atoms. The molecule has 1 aliphatic carbocycles. The number of carbonyl (C=O) groups excluding carboxylic acids is 1. The lowest BCUT2D eigenvalue weighted by molar-refractivity contribution is 0.101. The van der Waals surface area contributed by atoms with Gasteiger partial charge >= 0.3 is 0 Å². The molecule has 138 valence electrons. The number of imidazole rings is 1. The Morgan fingerprint density at radius 3 is 2.67 bits per heavy atom. The zero-order valence-corrected chi connectivity index (χ0v) is 14.4. The number of alkyl halides is 2. The van der Waals surface area contributed by atoms with Crippen LogP contribution < -0.4 is 5.32 Å². The Balaban J connectivity index is 1.63. The van der Waals surface area contributed by atoms with Crippen molar-refractivity contribution < 1.29 is 13.6 Å². The molecule has 7 nitrogen and oxygen atoms in total. The van der Waals surface area contributed by atoms with Crippen molar-refractivity contribution in [2.24, 2.45) is 7.05 Å². The summed E-state index contributed by atoms with van der Waals surface area (Å²) >= 11 is 0. The Hall–Kier alpha value is -3.23. The second-order valence-corrected chi connectivity index (χ2v) is 6.39. The van der Waals surface area contributed by atoms with E-state index >= 15 is 0 Å². The number of amides is 1. The van der Waals surface area contributed by atoms with Gasteiger partial charge in [0.05, 0.1) is 35.8 Å². The summed E-state index contributed by atoms with van der Waals surface area (Å²) in [4.78, 5) is 29.1. The number of hydrogen-bond acceptors (Lipinski definition) is 5. The van der Waals surface area contributed by atoms with Crippen LogP contribution in [0.5, 0.6) is 0 Å². The van der Waals surface area contributed by atoms with Crippen molar-refractivity contribution in [1.29, 1.82) is 0 Å². The number of halogens is 2. The third kappa shape index (κ3) is 3.67. The molecule has 1 amide bonds. The fourth-order valence-corrected chi connectivity index (χ4v) is 2.69. The molecule has 1 fully saturated rings. The molecule has 0 saturated heterocycles. The number of aryl methyl sites for hydroxylation is 1. The predicted molar refractivity (Wildman–Crippen MR) is 93.4 cm³/mol. The standard InChI is InChI=1S/C18H16F2N6O/c1-26-9-21-8-15(26)14-6-13(10-2-3-10)24-17(25-14)18(27)23-11-4-5-12(16(19)20)22-7-11/h4-10,16H,2-3H2,1H3,(H,23,27). The van der Waals surface area contributed by atoms with E-state index in [1.807, 2.05) is 17.7 Å². The molecule has 0 radical (unpaired) electrons. The Morgan fingerprint density at radius 1 is 1.26 bits per heavy atom. The van der Waals surface area contributed by atoms with Gasteiger partial charge in [-0.1, -0.05) is 0 Å². The van der Waals surface area contributed by atoms with Gasteiger partial charge in [0.25, 0.3) is 12.3 Å². The molecular weight excluding hydrogens is 354 g/mol. The molecule has 1 saturated carbocycles. The molecule has 1 aliphatic rings. The van der Waals surface area contributed by atoms with Crippen LogP contribution in [-0.4, -0.2) is 30.4 Å². The molecule has 3 aromatic heterocycles. The number of rotatable bonds is 5. The smallest absolute Gasteiger partial charge is 0.293 e. The van der Waals surface area contributed by atoms with E-state index in [-0.39, 0.29) is 11.5 Å². The van der Waals surface area contributed by atoms with Crippen molar-refractivity contribution in [3.63, 3.8) is 0 Å². The molecule has 0 aromatic carbocycles. The minimum Gasteiger partial charge on any atom is -0.332 e. The van der Waals surface area contributed by atoms with Crippen molar-refractivity contribution in [2.75, 3.05) is 5.32 Å². The van der Waals surface area contributed by atoms with E-state index in [0.29, 0.717) is 17.3 Å². The number of nitrogens with zero attached hydrogens (tertiary/aromatic N) is 5. The van der Waals surface area contributed by atoms with Gasteiger partial charge in [-0.3, -0.25) is 9.78 Å². The molecule has 0 atom stereocenters. The Morgan fingerprint density at radius 2 is 2.07 bits per heavy atom. The first-order chi connectivity index (χ1) is 13.0. The summed E-state index contributed by atoms with van der Waals surface area (Å²) < 4.78 is 27.0. The quantitative estimate of drug-likeness (QED) is 0.744. The highest BCUT2D eigenvalue weighted by Crippen LogP contribution is 2.39. The number of aromatic nitrogens is 5. The van der Waals surface area contributed by atoms with E-state index in [0.717, 1.165) is 24.2 Å². The molecule has 27 heavy (non-hydrogen) atoms. The van der Waals surface area contributed by atoms with Crippen molar-refractivity contribution in [3.8, 4) is 11.4 Å². The van der Waals surface area contributed by atoms with E-state index in [1.54, 1.807) is 12.5 Å². The van der Waals surface area contributed by atoms with Gasteiger partial charge < -0.3 is 9.88 Å². The fraction of sp³-hybridized carbons (Fsp3) is 0.278. The van der Waals surface area contributed by atoms with Crippen LogP contribution in [0, 0.1) is 0 Å². The monoisotopic (exact) mass is 370 g/mol. The van der Waals surface area contributed by atoms with Crippen LogP contribution in [-0.2, 0) is 7.05 Å². The van der Waals surface area contributed by atoms with Gasteiger partial charge in [0.2, 0.25) is 5.82 Å².